The van der Waals surface area contributed by atoms with Crippen LogP contribution in [0.25, 0.3) is 0 Å². The summed E-state index contributed by atoms with van der Waals surface area (Å²) in [5.74, 6) is -0.333. The van der Waals surface area contributed by atoms with Crippen molar-refractivity contribution >= 4 is 21.9 Å². The maximum atomic E-state index is 11.2. The van der Waals surface area contributed by atoms with E-state index in [1.165, 1.54) is 7.11 Å². The largest absolute Gasteiger partial charge is 0.469 e. The van der Waals surface area contributed by atoms with Gasteiger partial charge < -0.3 is 4.74 Å². The molecule has 0 fully saturated rings. The lowest BCUT2D eigenvalue weighted by molar-refractivity contribution is -0.139. The molecule has 0 saturated carbocycles. The Bertz CT molecular complexity index is 449. The molecule has 0 radical (unpaired) electrons. The summed E-state index contributed by atoms with van der Waals surface area (Å²) < 4.78 is 5.50. The maximum absolute atomic E-state index is 11.2. The van der Waals surface area contributed by atoms with E-state index in [0.29, 0.717) is 5.56 Å². The van der Waals surface area contributed by atoms with Crippen molar-refractivity contribution in [3.05, 3.63) is 33.3 Å². The molecule has 0 saturated heterocycles. The average Bonchev–Trinajstić information content (AvgIpc) is 2.30. The number of hydrogen-bond donors (Lipinski definition) is 0. The van der Waals surface area contributed by atoms with Gasteiger partial charge in [-0.25, -0.2) is 0 Å². The molecular weight excluding hydrogens is 270 g/mol. The van der Waals surface area contributed by atoms with Gasteiger partial charge in [-0.1, -0.05) is 28.9 Å². The molecule has 0 N–H and O–H groups in total. The molecule has 1 aromatic carbocycles. The summed E-state index contributed by atoms with van der Waals surface area (Å²) >= 11 is 3.40. The van der Waals surface area contributed by atoms with Crippen molar-refractivity contribution in [3.8, 4) is 6.07 Å². The van der Waals surface area contributed by atoms with Crippen molar-refractivity contribution in [2.24, 2.45) is 0 Å². The zero-order valence-corrected chi connectivity index (χ0v) is 10.8. The first-order valence-electron chi connectivity index (χ1n) is 4.91. The Hall–Kier alpha value is -1.34. The second-order valence-corrected chi connectivity index (χ2v) is 4.13. The Labute approximate surface area is 103 Å². The van der Waals surface area contributed by atoms with E-state index >= 15 is 0 Å². The molecule has 16 heavy (non-hydrogen) atoms. The van der Waals surface area contributed by atoms with Crippen LogP contribution in [-0.4, -0.2) is 13.1 Å². The lowest BCUT2D eigenvalue weighted by Crippen LogP contribution is -2.07. The fourth-order valence-electron chi connectivity index (χ4n) is 1.53. The minimum Gasteiger partial charge on any atom is -0.469 e. The molecule has 0 atom stereocenters. The third-order valence-corrected chi connectivity index (χ3v) is 3.11. The first-order chi connectivity index (χ1) is 7.63. The van der Waals surface area contributed by atoms with Crippen molar-refractivity contribution < 1.29 is 9.53 Å². The molecule has 1 aromatic rings. The number of nitrogens with zero attached hydrogens (tertiary/aromatic N) is 1. The number of hydrogen-bond acceptors (Lipinski definition) is 3. The zero-order valence-electron chi connectivity index (χ0n) is 9.21. The number of nitriles is 1. The molecular formula is C12H12BrNO2. The van der Waals surface area contributed by atoms with Gasteiger partial charge in [0.25, 0.3) is 0 Å². The van der Waals surface area contributed by atoms with Gasteiger partial charge >= 0.3 is 5.97 Å². The number of methoxy groups -OCH3 is 1. The topological polar surface area (TPSA) is 50.1 Å². The normalized spacial score (nSPS) is 9.62. The van der Waals surface area contributed by atoms with Crippen molar-refractivity contribution in [2.75, 3.05) is 7.11 Å². The van der Waals surface area contributed by atoms with E-state index in [1.54, 1.807) is 6.07 Å². The van der Waals surface area contributed by atoms with Crippen LogP contribution in [0.4, 0.5) is 0 Å². The number of ether oxygens (including phenoxy) is 1. The minimum atomic E-state index is -0.333. The number of carbonyl (C=O) groups excluding carboxylic acids is 1. The first kappa shape index (κ1) is 12.7. The van der Waals surface area contributed by atoms with Crippen LogP contribution in [0, 0.1) is 11.3 Å². The fourth-order valence-corrected chi connectivity index (χ4v) is 2.14. The predicted molar refractivity (Wildman–Crippen MR) is 64.0 cm³/mol. The third-order valence-electron chi connectivity index (χ3n) is 2.37. The molecule has 0 unspecified atom stereocenters. The maximum Gasteiger partial charge on any atom is 0.310 e. The van der Waals surface area contributed by atoms with Crippen molar-refractivity contribution in [1.29, 1.82) is 5.26 Å². The molecule has 4 heteroatoms. The third kappa shape index (κ3) is 2.61. The lowest BCUT2D eigenvalue weighted by atomic mass is 9.98. The summed E-state index contributed by atoms with van der Waals surface area (Å²) in [6.45, 7) is 1.98. The number of carbonyl (C=O) groups is 1. The van der Waals surface area contributed by atoms with Gasteiger partial charge in [0.05, 0.1) is 25.2 Å². The van der Waals surface area contributed by atoms with Crippen LogP contribution in [0.2, 0.25) is 0 Å². The summed E-state index contributed by atoms with van der Waals surface area (Å²) in [6, 6.07) is 5.78. The van der Waals surface area contributed by atoms with E-state index in [9.17, 15) is 4.79 Å². The van der Waals surface area contributed by atoms with Gasteiger partial charge in [-0.05, 0) is 23.6 Å². The van der Waals surface area contributed by atoms with Crippen LogP contribution < -0.4 is 0 Å². The number of rotatable bonds is 3. The van der Waals surface area contributed by atoms with Gasteiger partial charge in [-0.3, -0.25) is 4.79 Å². The molecule has 0 spiro atoms. The Kier molecular flexibility index (Phi) is 4.51. The minimum absolute atomic E-state index is 0.139. The highest BCUT2D eigenvalue weighted by atomic mass is 79.9. The van der Waals surface area contributed by atoms with E-state index in [1.807, 2.05) is 13.0 Å². The van der Waals surface area contributed by atoms with Gasteiger partial charge in [-0.2, -0.15) is 5.26 Å². The van der Waals surface area contributed by atoms with Crippen molar-refractivity contribution in [3.63, 3.8) is 0 Å². The summed E-state index contributed by atoms with van der Waals surface area (Å²) in [5, 5.41) is 9.12. The van der Waals surface area contributed by atoms with Crippen LogP contribution in [-0.2, 0) is 22.4 Å². The quantitative estimate of drug-likeness (QED) is 0.801. The van der Waals surface area contributed by atoms with E-state index in [0.717, 1.165) is 22.0 Å². The second kappa shape index (κ2) is 5.66. The number of esters is 1. The van der Waals surface area contributed by atoms with Crippen LogP contribution >= 0.6 is 15.9 Å². The van der Waals surface area contributed by atoms with Gasteiger partial charge in [-0.15, -0.1) is 0 Å². The van der Waals surface area contributed by atoms with Crippen LogP contribution in [0.3, 0.4) is 0 Å². The Balaban J connectivity index is 3.21. The van der Waals surface area contributed by atoms with E-state index in [2.05, 4.69) is 26.7 Å². The molecule has 3 nitrogen and oxygen atoms in total. The summed E-state index contributed by atoms with van der Waals surface area (Å²) in [5.41, 5.74) is 2.22. The molecule has 0 aromatic heterocycles. The second-order valence-electron chi connectivity index (χ2n) is 3.28. The van der Waals surface area contributed by atoms with Gasteiger partial charge in [0.1, 0.15) is 0 Å². The molecule has 0 heterocycles. The highest BCUT2D eigenvalue weighted by Crippen LogP contribution is 2.24. The van der Waals surface area contributed by atoms with Gasteiger partial charge in [0, 0.05) is 4.47 Å². The molecule has 0 amide bonds. The Morgan fingerprint density at radius 1 is 1.56 bits per heavy atom. The molecule has 0 aliphatic carbocycles. The lowest BCUT2D eigenvalue weighted by Gasteiger charge is -2.09. The van der Waals surface area contributed by atoms with E-state index in [4.69, 9.17) is 5.26 Å². The number of benzene rings is 1. The van der Waals surface area contributed by atoms with Crippen LogP contribution in [0.5, 0.6) is 0 Å². The number of halogens is 1. The van der Waals surface area contributed by atoms with Crippen LogP contribution in [0.15, 0.2) is 16.6 Å². The van der Waals surface area contributed by atoms with Crippen LogP contribution in [0.1, 0.15) is 23.6 Å². The van der Waals surface area contributed by atoms with E-state index in [-0.39, 0.29) is 12.4 Å². The summed E-state index contributed by atoms with van der Waals surface area (Å²) in [7, 11) is 1.34. The highest BCUT2D eigenvalue weighted by Gasteiger charge is 2.13. The predicted octanol–water partition coefficient (Wildman–Crippen LogP) is 2.60. The highest BCUT2D eigenvalue weighted by molar-refractivity contribution is 9.10. The van der Waals surface area contributed by atoms with Gasteiger partial charge in [0.2, 0.25) is 0 Å². The zero-order chi connectivity index (χ0) is 12.1. The Morgan fingerprint density at radius 2 is 2.25 bits per heavy atom. The first-order valence-corrected chi connectivity index (χ1v) is 5.70. The SMILES string of the molecule is CCc1c(Br)ccc(CC(=O)OC)c1C#N. The van der Waals surface area contributed by atoms with E-state index < -0.39 is 0 Å². The average molecular weight is 282 g/mol. The molecule has 0 aliphatic rings. The molecule has 0 aliphatic heterocycles. The van der Waals surface area contributed by atoms with Crippen molar-refractivity contribution in [2.45, 2.75) is 19.8 Å². The Morgan fingerprint density at radius 3 is 2.75 bits per heavy atom. The smallest absolute Gasteiger partial charge is 0.310 e. The molecule has 0 bridgehead atoms. The molecule has 84 valence electrons. The fraction of sp³-hybridized carbons (Fsp3) is 0.333. The standard InChI is InChI=1S/C12H12BrNO2/c1-3-9-10(7-14)8(4-5-11(9)13)6-12(15)16-2/h4-5H,3,6H2,1-2H3. The van der Waals surface area contributed by atoms with Gasteiger partial charge in [0.15, 0.2) is 0 Å². The molecule has 1 rings (SSSR count). The summed E-state index contributed by atoms with van der Waals surface area (Å²) in [6.07, 6.45) is 0.887. The monoisotopic (exact) mass is 281 g/mol. The van der Waals surface area contributed by atoms with Crippen molar-refractivity contribution in [1.82, 2.24) is 0 Å². The summed E-state index contributed by atoms with van der Waals surface area (Å²) in [4.78, 5) is 11.2.